The van der Waals surface area contributed by atoms with Crippen LogP contribution in [0.25, 0.3) is 0 Å². The molecule has 0 aromatic heterocycles. The highest BCUT2D eigenvalue weighted by molar-refractivity contribution is 5.69. The van der Waals surface area contributed by atoms with Crippen molar-refractivity contribution in [2.45, 2.75) is 13.0 Å². The van der Waals surface area contributed by atoms with Gasteiger partial charge in [0.25, 0.3) is 0 Å². The Balaban J connectivity index is 1.79. The minimum atomic E-state index is -0.774. The van der Waals surface area contributed by atoms with Crippen LogP contribution in [0.15, 0.2) is 48.5 Å². The molecule has 2 aromatic carbocycles. The third-order valence-corrected chi connectivity index (χ3v) is 3.48. The maximum absolute atomic E-state index is 10.8. The molecule has 0 saturated carbocycles. The molecule has 4 heteroatoms. The first kappa shape index (κ1) is 12.5. The Morgan fingerprint density at radius 3 is 2.75 bits per heavy atom. The summed E-state index contributed by atoms with van der Waals surface area (Å²) in [6, 6.07) is 16.0. The van der Waals surface area contributed by atoms with E-state index >= 15 is 0 Å². The number of fused-ring (bicyclic) bond motifs is 1. The molecule has 0 unspecified atom stereocenters. The molecule has 0 bridgehead atoms. The standard InChI is InChI=1S/C16H16N2O2/c17-16(19)20-14-6-7-15-13(10-14)8-9-18(15)11-12-4-2-1-3-5-12/h1-7,10H,8-9,11H2,(H2,17,19). The second-order valence-electron chi connectivity index (χ2n) is 4.87. The Morgan fingerprint density at radius 1 is 1.20 bits per heavy atom. The lowest BCUT2D eigenvalue weighted by Gasteiger charge is -2.19. The van der Waals surface area contributed by atoms with Crippen molar-refractivity contribution in [3.05, 3.63) is 59.7 Å². The van der Waals surface area contributed by atoms with Crippen LogP contribution >= 0.6 is 0 Å². The van der Waals surface area contributed by atoms with E-state index in [1.165, 1.54) is 16.8 Å². The Labute approximate surface area is 117 Å². The van der Waals surface area contributed by atoms with E-state index in [4.69, 9.17) is 10.5 Å². The van der Waals surface area contributed by atoms with E-state index < -0.39 is 6.09 Å². The zero-order valence-corrected chi connectivity index (χ0v) is 11.1. The van der Waals surface area contributed by atoms with Crippen LogP contribution in [0, 0.1) is 0 Å². The lowest BCUT2D eigenvalue weighted by atomic mass is 10.1. The van der Waals surface area contributed by atoms with Crippen molar-refractivity contribution in [3.8, 4) is 5.75 Å². The van der Waals surface area contributed by atoms with Gasteiger partial charge in [-0.3, -0.25) is 0 Å². The van der Waals surface area contributed by atoms with Crippen LogP contribution in [0.5, 0.6) is 5.75 Å². The van der Waals surface area contributed by atoms with E-state index in [0.29, 0.717) is 5.75 Å². The summed E-state index contributed by atoms with van der Waals surface area (Å²) in [5.41, 5.74) is 8.71. The largest absolute Gasteiger partial charge is 0.410 e. The topological polar surface area (TPSA) is 55.6 Å². The zero-order valence-electron chi connectivity index (χ0n) is 11.1. The normalized spacial score (nSPS) is 13.1. The summed E-state index contributed by atoms with van der Waals surface area (Å²) in [5.74, 6) is 0.512. The van der Waals surface area contributed by atoms with Gasteiger partial charge in [0.2, 0.25) is 0 Å². The predicted octanol–water partition coefficient (Wildman–Crippen LogP) is 2.71. The van der Waals surface area contributed by atoms with Gasteiger partial charge in [-0.05, 0) is 35.7 Å². The number of amides is 1. The van der Waals surface area contributed by atoms with Crippen LogP contribution in [-0.4, -0.2) is 12.6 Å². The number of hydrogen-bond donors (Lipinski definition) is 1. The summed E-state index contributed by atoms with van der Waals surface area (Å²) in [6.07, 6.45) is 0.182. The van der Waals surface area contributed by atoms with Crippen molar-refractivity contribution in [2.24, 2.45) is 5.73 Å². The average Bonchev–Trinajstić information content (AvgIpc) is 2.82. The van der Waals surface area contributed by atoms with Gasteiger partial charge in [-0.1, -0.05) is 30.3 Å². The second kappa shape index (κ2) is 5.25. The minimum Gasteiger partial charge on any atom is -0.410 e. The molecule has 1 aliphatic rings. The molecule has 20 heavy (non-hydrogen) atoms. The molecule has 0 aliphatic carbocycles. The minimum absolute atomic E-state index is 0.512. The van der Waals surface area contributed by atoms with Gasteiger partial charge in [0.15, 0.2) is 0 Å². The van der Waals surface area contributed by atoms with Crippen molar-refractivity contribution < 1.29 is 9.53 Å². The van der Waals surface area contributed by atoms with Gasteiger partial charge in [0.1, 0.15) is 5.75 Å². The number of nitrogens with zero attached hydrogens (tertiary/aromatic N) is 1. The van der Waals surface area contributed by atoms with Crippen molar-refractivity contribution in [2.75, 3.05) is 11.4 Å². The predicted molar refractivity (Wildman–Crippen MR) is 77.8 cm³/mol. The molecular formula is C16H16N2O2. The summed E-state index contributed by atoms with van der Waals surface area (Å²) < 4.78 is 4.91. The third kappa shape index (κ3) is 2.59. The SMILES string of the molecule is NC(=O)Oc1ccc2c(c1)CCN2Cc1ccccc1. The van der Waals surface area contributed by atoms with Crippen LogP contribution in [0.4, 0.5) is 10.5 Å². The van der Waals surface area contributed by atoms with Crippen LogP contribution in [0.1, 0.15) is 11.1 Å². The fraction of sp³-hybridized carbons (Fsp3) is 0.188. The molecule has 4 nitrogen and oxygen atoms in total. The molecular weight excluding hydrogens is 252 g/mol. The zero-order chi connectivity index (χ0) is 13.9. The molecule has 2 aromatic rings. The van der Waals surface area contributed by atoms with Gasteiger partial charge in [-0.25, -0.2) is 4.79 Å². The van der Waals surface area contributed by atoms with E-state index in [9.17, 15) is 4.79 Å². The smallest absolute Gasteiger partial charge is 0.409 e. The van der Waals surface area contributed by atoms with Gasteiger partial charge in [0.05, 0.1) is 0 Å². The quantitative estimate of drug-likeness (QED) is 0.931. The van der Waals surface area contributed by atoms with Crippen LogP contribution in [0.3, 0.4) is 0 Å². The maximum Gasteiger partial charge on any atom is 0.409 e. The molecule has 0 radical (unpaired) electrons. The Bertz CT molecular complexity index is 626. The van der Waals surface area contributed by atoms with Gasteiger partial charge in [-0.2, -0.15) is 0 Å². The lowest BCUT2D eigenvalue weighted by molar-refractivity contribution is 0.211. The molecule has 0 spiro atoms. The summed E-state index contributed by atoms with van der Waals surface area (Å²) in [7, 11) is 0. The fourth-order valence-electron chi connectivity index (χ4n) is 2.59. The number of nitrogens with two attached hydrogens (primary N) is 1. The van der Waals surface area contributed by atoms with Crippen LogP contribution in [-0.2, 0) is 13.0 Å². The van der Waals surface area contributed by atoms with Gasteiger partial charge >= 0.3 is 6.09 Å². The van der Waals surface area contributed by atoms with Crippen molar-refractivity contribution in [3.63, 3.8) is 0 Å². The highest BCUT2D eigenvalue weighted by Crippen LogP contribution is 2.32. The summed E-state index contributed by atoms with van der Waals surface area (Å²) in [6.45, 7) is 1.87. The summed E-state index contributed by atoms with van der Waals surface area (Å²) in [4.78, 5) is 13.1. The number of hydrogen-bond acceptors (Lipinski definition) is 3. The third-order valence-electron chi connectivity index (χ3n) is 3.48. The highest BCUT2D eigenvalue weighted by Gasteiger charge is 2.19. The fourth-order valence-corrected chi connectivity index (χ4v) is 2.59. The summed E-state index contributed by atoms with van der Waals surface area (Å²) in [5, 5.41) is 0. The number of carbonyl (C=O) groups is 1. The average molecular weight is 268 g/mol. The first-order valence-electron chi connectivity index (χ1n) is 6.61. The maximum atomic E-state index is 10.8. The van der Waals surface area contributed by atoms with Gasteiger partial charge in [-0.15, -0.1) is 0 Å². The Morgan fingerprint density at radius 2 is 2.00 bits per heavy atom. The van der Waals surface area contributed by atoms with E-state index in [1.807, 2.05) is 18.2 Å². The molecule has 0 fully saturated rings. The molecule has 102 valence electrons. The van der Waals surface area contributed by atoms with Crippen molar-refractivity contribution >= 4 is 11.8 Å². The van der Waals surface area contributed by atoms with Crippen LogP contribution < -0.4 is 15.4 Å². The first-order chi connectivity index (χ1) is 9.72. The molecule has 0 saturated heterocycles. The summed E-state index contributed by atoms with van der Waals surface area (Å²) >= 11 is 0. The molecule has 1 heterocycles. The van der Waals surface area contributed by atoms with E-state index in [2.05, 4.69) is 29.2 Å². The Kier molecular flexibility index (Phi) is 3.29. The van der Waals surface area contributed by atoms with E-state index in [-0.39, 0.29) is 0 Å². The molecule has 3 rings (SSSR count). The van der Waals surface area contributed by atoms with Gasteiger partial charge in [0, 0.05) is 18.8 Å². The Hall–Kier alpha value is -2.49. The molecule has 1 aliphatic heterocycles. The van der Waals surface area contributed by atoms with Crippen molar-refractivity contribution in [1.82, 2.24) is 0 Å². The van der Waals surface area contributed by atoms with Gasteiger partial charge < -0.3 is 15.4 Å². The van der Waals surface area contributed by atoms with E-state index in [0.717, 1.165) is 19.5 Å². The second-order valence-corrected chi connectivity index (χ2v) is 4.87. The monoisotopic (exact) mass is 268 g/mol. The van der Waals surface area contributed by atoms with E-state index in [1.54, 1.807) is 6.07 Å². The number of carbonyl (C=O) groups excluding carboxylic acids is 1. The van der Waals surface area contributed by atoms with Crippen molar-refractivity contribution in [1.29, 1.82) is 0 Å². The van der Waals surface area contributed by atoms with Crippen LogP contribution in [0.2, 0.25) is 0 Å². The molecule has 1 amide bonds. The number of primary amides is 1. The number of rotatable bonds is 3. The number of ether oxygens (including phenoxy) is 1. The number of anilines is 1. The molecule has 0 atom stereocenters. The highest BCUT2D eigenvalue weighted by atomic mass is 16.5. The molecule has 2 N–H and O–H groups in total. The lowest BCUT2D eigenvalue weighted by Crippen LogP contribution is -2.19. The number of benzene rings is 2. The first-order valence-corrected chi connectivity index (χ1v) is 6.61.